The molecule has 2 nitrogen and oxygen atoms in total. The van der Waals surface area contributed by atoms with Gasteiger partial charge in [-0.2, -0.15) is 0 Å². The third-order valence-electron chi connectivity index (χ3n) is 2.02. The Morgan fingerprint density at radius 2 is 2.29 bits per heavy atom. The molecule has 0 radical (unpaired) electrons. The molecule has 0 amide bonds. The number of methoxy groups -OCH3 is 1. The number of aldehydes is 1. The van der Waals surface area contributed by atoms with E-state index in [1.165, 1.54) is 0 Å². The van der Waals surface area contributed by atoms with Crippen molar-refractivity contribution in [3.8, 4) is 5.75 Å². The zero-order valence-corrected chi connectivity index (χ0v) is 9.04. The van der Waals surface area contributed by atoms with Gasteiger partial charge in [0.2, 0.25) is 0 Å². The number of hydrogen-bond acceptors (Lipinski definition) is 2. The van der Waals surface area contributed by atoms with Crippen LogP contribution in [-0.2, 0) is 11.2 Å². The minimum Gasteiger partial charge on any atom is -0.496 e. The second kappa shape index (κ2) is 5.01. The number of ether oxygens (including phenoxy) is 1. The van der Waals surface area contributed by atoms with E-state index in [9.17, 15) is 4.79 Å². The van der Waals surface area contributed by atoms with Crippen molar-refractivity contribution in [2.45, 2.75) is 13.3 Å². The number of rotatable bonds is 4. The molecule has 0 N–H and O–H groups in total. The molecule has 1 atom stereocenters. The summed E-state index contributed by atoms with van der Waals surface area (Å²) in [6.07, 6.45) is 1.62. The average molecular weight is 213 g/mol. The molecular weight excluding hydrogens is 200 g/mol. The Morgan fingerprint density at radius 1 is 1.57 bits per heavy atom. The monoisotopic (exact) mass is 212 g/mol. The molecule has 0 saturated heterocycles. The Balaban J connectivity index is 2.90. The van der Waals surface area contributed by atoms with Gasteiger partial charge >= 0.3 is 0 Å². The quantitative estimate of drug-likeness (QED) is 0.718. The zero-order chi connectivity index (χ0) is 10.6. The highest BCUT2D eigenvalue weighted by Crippen LogP contribution is 2.24. The predicted molar refractivity (Wildman–Crippen MR) is 56.9 cm³/mol. The molecule has 0 aliphatic heterocycles. The number of hydrogen-bond donors (Lipinski definition) is 0. The summed E-state index contributed by atoms with van der Waals surface area (Å²) < 4.78 is 5.17. The molecule has 0 aliphatic rings. The van der Waals surface area contributed by atoms with E-state index in [-0.39, 0.29) is 5.92 Å². The fourth-order valence-electron chi connectivity index (χ4n) is 1.28. The van der Waals surface area contributed by atoms with Crippen LogP contribution in [0.15, 0.2) is 18.2 Å². The third-order valence-corrected chi connectivity index (χ3v) is 2.26. The summed E-state index contributed by atoms with van der Waals surface area (Å²) in [5, 5.41) is 0.643. The first kappa shape index (κ1) is 11.1. The third kappa shape index (κ3) is 2.74. The van der Waals surface area contributed by atoms with E-state index in [1.54, 1.807) is 19.2 Å². The molecule has 3 heteroatoms. The largest absolute Gasteiger partial charge is 0.496 e. The second-order valence-electron chi connectivity index (χ2n) is 3.27. The first-order valence-electron chi connectivity index (χ1n) is 4.45. The molecule has 1 unspecified atom stereocenters. The topological polar surface area (TPSA) is 26.3 Å². The molecule has 0 aliphatic carbocycles. The van der Waals surface area contributed by atoms with Gasteiger partial charge < -0.3 is 9.53 Å². The molecule has 14 heavy (non-hydrogen) atoms. The molecule has 0 bridgehead atoms. The van der Waals surface area contributed by atoms with Gasteiger partial charge in [0.25, 0.3) is 0 Å². The lowest BCUT2D eigenvalue weighted by Gasteiger charge is -2.09. The van der Waals surface area contributed by atoms with E-state index in [0.717, 1.165) is 17.6 Å². The molecule has 0 heterocycles. The van der Waals surface area contributed by atoms with Gasteiger partial charge in [0.1, 0.15) is 12.0 Å². The van der Waals surface area contributed by atoms with E-state index in [0.29, 0.717) is 11.4 Å². The maximum Gasteiger partial charge on any atom is 0.123 e. The predicted octanol–water partition coefficient (Wildman–Crippen LogP) is 2.73. The summed E-state index contributed by atoms with van der Waals surface area (Å²) in [7, 11) is 1.60. The molecular formula is C11H13ClO2. The van der Waals surface area contributed by atoms with Crippen LogP contribution in [0.25, 0.3) is 0 Å². The number of carbonyl (C=O) groups is 1. The van der Waals surface area contributed by atoms with Crippen LogP contribution >= 0.6 is 11.6 Å². The van der Waals surface area contributed by atoms with E-state index >= 15 is 0 Å². The Morgan fingerprint density at radius 3 is 2.86 bits per heavy atom. The van der Waals surface area contributed by atoms with E-state index < -0.39 is 0 Å². The van der Waals surface area contributed by atoms with Crippen LogP contribution in [-0.4, -0.2) is 13.4 Å². The Bertz CT molecular complexity index is 323. The second-order valence-corrected chi connectivity index (χ2v) is 3.71. The fraction of sp³-hybridized carbons (Fsp3) is 0.364. The van der Waals surface area contributed by atoms with Gasteiger partial charge in [0.05, 0.1) is 7.11 Å². The van der Waals surface area contributed by atoms with Crippen molar-refractivity contribution in [1.29, 1.82) is 0 Å². The van der Waals surface area contributed by atoms with E-state index in [2.05, 4.69) is 0 Å². The van der Waals surface area contributed by atoms with E-state index in [1.807, 2.05) is 13.0 Å². The molecule has 0 fully saturated rings. The maximum absolute atomic E-state index is 10.5. The van der Waals surface area contributed by atoms with Gasteiger partial charge in [-0.15, -0.1) is 0 Å². The Hall–Kier alpha value is -1.02. The summed E-state index contributed by atoms with van der Waals surface area (Å²) in [5.74, 6) is 0.747. The summed E-state index contributed by atoms with van der Waals surface area (Å²) in [4.78, 5) is 10.5. The summed E-state index contributed by atoms with van der Waals surface area (Å²) in [6.45, 7) is 1.88. The lowest BCUT2D eigenvalue weighted by Crippen LogP contribution is -2.02. The van der Waals surface area contributed by atoms with Crippen LogP contribution in [0.4, 0.5) is 0 Å². The lowest BCUT2D eigenvalue weighted by atomic mass is 10.0. The Kier molecular flexibility index (Phi) is 3.96. The fourth-order valence-corrected chi connectivity index (χ4v) is 1.44. The van der Waals surface area contributed by atoms with Gasteiger partial charge in [-0.1, -0.05) is 24.6 Å². The molecule has 0 aromatic heterocycles. The van der Waals surface area contributed by atoms with Gasteiger partial charge in [0, 0.05) is 10.9 Å². The van der Waals surface area contributed by atoms with Crippen molar-refractivity contribution in [1.82, 2.24) is 0 Å². The standard InChI is InChI=1S/C11H13ClO2/c1-8(7-13)5-9-3-4-10(12)6-11(9)14-2/h3-4,6-8H,5H2,1-2H3. The summed E-state index contributed by atoms with van der Waals surface area (Å²) in [6, 6.07) is 5.45. The first-order chi connectivity index (χ1) is 6.67. The Labute approximate surface area is 88.8 Å². The number of halogens is 1. The van der Waals surface area contributed by atoms with Crippen molar-refractivity contribution in [2.75, 3.05) is 7.11 Å². The van der Waals surface area contributed by atoms with Gasteiger partial charge in [0.15, 0.2) is 0 Å². The molecule has 1 rings (SSSR count). The molecule has 1 aromatic carbocycles. The highest BCUT2D eigenvalue weighted by molar-refractivity contribution is 6.30. The van der Waals surface area contributed by atoms with Gasteiger partial charge in [-0.3, -0.25) is 0 Å². The number of carbonyl (C=O) groups excluding carboxylic acids is 1. The van der Waals surface area contributed by atoms with Crippen LogP contribution in [0.3, 0.4) is 0 Å². The molecule has 0 saturated carbocycles. The number of benzene rings is 1. The van der Waals surface area contributed by atoms with Crippen molar-refractivity contribution >= 4 is 17.9 Å². The molecule has 0 spiro atoms. The summed E-state index contributed by atoms with van der Waals surface area (Å²) >= 11 is 5.82. The minimum absolute atomic E-state index is 0.00470. The van der Waals surface area contributed by atoms with Gasteiger partial charge in [-0.25, -0.2) is 0 Å². The highest BCUT2D eigenvalue weighted by Gasteiger charge is 2.07. The van der Waals surface area contributed by atoms with Crippen molar-refractivity contribution in [3.63, 3.8) is 0 Å². The van der Waals surface area contributed by atoms with Crippen molar-refractivity contribution in [2.24, 2.45) is 5.92 Å². The normalized spacial score (nSPS) is 12.2. The van der Waals surface area contributed by atoms with Crippen LogP contribution in [0.2, 0.25) is 5.02 Å². The minimum atomic E-state index is 0.00470. The SMILES string of the molecule is COc1cc(Cl)ccc1CC(C)C=O. The summed E-state index contributed by atoms with van der Waals surface area (Å²) in [5.41, 5.74) is 1.01. The van der Waals surface area contributed by atoms with Crippen LogP contribution in [0, 0.1) is 5.92 Å². The van der Waals surface area contributed by atoms with Gasteiger partial charge in [-0.05, 0) is 24.1 Å². The highest BCUT2D eigenvalue weighted by atomic mass is 35.5. The molecule has 76 valence electrons. The first-order valence-corrected chi connectivity index (χ1v) is 4.83. The zero-order valence-electron chi connectivity index (χ0n) is 8.29. The lowest BCUT2D eigenvalue weighted by molar-refractivity contribution is -0.110. The van der Waals surface area contributed by atoms with Crippen molar-refractivity contribution in [3.05, 3.63) is 28.8 Å². The van der Waals surface area contributed by atoms with Crippen LogP contribution < -0.4 is 4.74 Å². The average Bonchev–Trinajstić information content (AvgIpc) is 2.20. The smallest absolute Gasteiger partial charge is 0.123 e. The van der Waals surface area contributed by atoms with E-state index in [4.69, 9.17) is 16.3 Å². The molecule has 1 aromatic rings. The maximum atomic E-state index is 10.5. The van der Waals surface area contributed by atoms with Crippen LogP contribution in [0.1, 0.15) is 12.5 Å². The van der Waals surface area contributed by atoms with Crippen LogP contribution in [0.5, 0.6) is 5.75 Å². The van der Waals surface area contributed by atoms with Crippen molar-refractivity contribution < 1.29 is 9.53 Å².